The molecule has 2 bridgehead atoms. The molecule has 4 rings (SSSR count). The summed E-state index contributed by atoms with van der Waals surface area (Å²) in [6, 6.07) is 0. The van der Waals surface area contributed by atoms with Crippen LogP contribution in [0.15, 0.2) is 0 Å². The highest BCUT2D eigenvalue weighted by Gasteiger charge is 2.63. The summed E-state index contributed by atoms with van der Waals surface area (Å²) in [6.45, 7) is 4.38. The van der Waals surface area contributed by atoms with Gasteiger partial charge in [-0.15, -0.1) is 0 Å². The number of rotatable bonds is 0. The minimum atomic E-state index is -0.0158. The maximum absolute atomic E-state index is 12.2. The van der Waals surface area contributed by atoms with E-state index in [0.29, 0.717) is 18.0 Å². The van der Waals surface area contributed by atoms with Crippen LogP contribution in [0, 0.1) is 22.7 Å². The van der Waals surface area contributed by atoms with E-state index in [2.05, 4.69) is 13.8 Å². The van der Waals surface area contributed by atoms with Gasteiger partial charge in [0.2, 0.25) is 0 Å². The first-order valence-corrected chi connectivity index (χ1v) is 6.53. The number of carbonyl (C=O) groups excluding carboxylic acids is 2. The summed E-state index contributed by atoms with van der Waals surface area (Å²) >= 11 is 0. The number of Topliss-reactive ketones (excluding diaryl/α,β-unsaturated/α-hetero) is 2. The van der Waals surface area contributed by atoms with Crippen molar-refractivity contribution in [3.63, 3.8) is 0 Å². The van der Waals surface area contributed by atoms with Crippen molar-refractivity contribution in [3.05, 3.63) is 0 Å². The van der Waals surface area contributed by atoms with Crippen LogP contribution >= 0.6 is 0 Å². The fourth-order valence-electron chi connectivity index (χ4n) is 5.05. The molecule has 0 aromatic rings. The lowest BCUT2D eigenvalue weighted by atomic mass is 9.41. The summed E-state index contributed by atoms with van der Waals surface area (Å²) in [5.41, 5.74) is -0.0181. The summed E-state index contributed by atoms with van der Waals surface area (Å²) < 4.78 is 0. The van der Waals surface area contributed by atoms with Crippen molar-refractivity contribution >= 4 is 11.6 Å². The van der Waals surface area contributed by atoms with Crippen molar-refractivity contribution in [1.82, 2.24) is 0 Å². The highest BCUT2D eigenvalue weighted by atomic mass is 16.1. The van der Waals surface area contributed by atoms with Gasteiger partial charge in [-0.05, 0) is 36.5 Å². The van der Waals surface area contributed by atoms with Crippen molar-refractivity contribution in [2.45, 2.75) is 52.4 Å². The van der Waals surface area contributed by atoms with Crippen LogP contribution in [0.5, 0.6) is 0 Å². The van der Waals surface area contributed by atoms with E-state index < -0.39 is 0 Å². The van der Waals surface area contributed by atoms with E-state index in [1.165, 1.54) is 0 Å². The second-order valence-corrected chi connectivity index (χ2v) is 6.65. The first kappa shape index (κ1) is 10.5. The molecule has 0 spiro atoms. The molecule has 2 nitrogen and oxygen atoms in total. The lowest BCUT2D eigenvalue weighted by Crippen LogP contribution is -2.61. The van der Waals surface area contributed by atoms with Gasteiger partial charge in [-0.3, -0.25) is 9.59 Å². The summed E-state index contributed by atoms with van der Waals surface area (Å²) in [6.07, 6.45) is 5.58. The Balaban J connectivity index is 2.11. The van der Waals surface area contributed by atoms with Gasteiger partial charge in [0.15, 0.2) is 0 Å². The van der Waals surface area contributed by atoms with Gasteiger partial charge in [-0.1, -0.05) is 13.8 Å². The van der Waals surface area contributed by atoms with Gasteiger partial charge in [0.25, 0.3) is 0 Å². The quantitative estimate of drug-likeness (QED) is 0.629. The Bertz CT molecular complexity index is 373. The first-order chi connectivity index (χ1) is 7.47. The topological polar surface area (TPSA) is 34.1 Å². The zero-order chi connectivity index (χ0) is 11.6. The van der Waals surface area contributed by atoms with Crippen LogP contribution < -0.4 is 0 Å². The molecule has 0 saturated heterocycles. The summed E-state index contributed by atoms with van der Waals surface area (Å²) in [5, 5.41) is 0. The van der Waals surface area contributed by atoms with Crippen molar-refractivity contribution in [1.29, 1.82) is 0 Å². The third kappa shape index (κ3) is 1.08. The highest BCUT2D eigenvalue weighted by Crippen LogP contribution is 2.64. The van der Waals surface area contributed by atoms with Crippen LogP contribution in [-0.2, 0) is 9.59 Å². The monoisotopic (exact) mass is 220 g/mol. The second kappa shape index (κ2) is 2.96. The van der Waals surface area contributed by atoms with E-state index in [0.717, 1.165) is 32.1 Å². The van der Waals surface area contributed by atoms with Crippen molar-refractivity contribution < 1.29 is 9.59 Å². The molecule has 88 valence electrons. The van der Waals surface area contributed by atoms with Gasteiger partial charge in [-0.25, -0.2) is 0 Å². The van der Waals surface area contributed by atoms with Crippen molar-refractivity contribution in [2.24, 2.45) is 22.7 Å². The van der Waals surface area contributed by atoms with Gasteiger partial charge >= 0.3 is 0 Å². The molecule has 4 atom stereocenters. The molecule has 0 heterocycles. The van der Waals surface area contributed by atoms with E-state index >= 15 is 0 Å². The fourth-order valence-corrected chi connectivity index (χ4v) is 5.05. The van der Waals surface area contributed by atoms with Crippen LogP contribution in [0.25, 0.3) is 0 Å². The average molecular weight is 220 g/mol. The molecule has 0 aromatic heterocycles. The van der Waals surface area contributed by atoms with Crippen LogP contribution in [0.4, 0.5) is 0 Å². The van der Waals surface area contributed by atoms with Crippen LogP contribution in [0.1, 0.15) is 52.4 Å². The smallest absolute Gasteiger partial charge is 0.137 e. The average Bonchev–Trinajstić information content (AvgIpc) is 2.15. The maximum Gasteiger partial charge on any atom is 0.137 e. The Hall–Kier alpha value is -0.660. The SMILES string of the molecule is C[C@]12CC[C@H](C(=O)C1)[C@@]1(C)CCCC(=O)[C@H]21. The molecule has 0 aliphatic heterocycles. The molecule has 4 aliphatic carbocycles. The van der Waals surface area contributed by atoms with Crippen LogP contribution in [-0.4, -0.2) is 11.6 Å². The molecule has 0 unspecified atom stereocenters. The third-order valence-corrected chi connectivity index (χ3v) is 5.58. The zero-order valence-electron chi connectivity index (χ0n) is 10.2. The number of ketones is 2. The Morgan fingerprint density at radius 3 is 2.56 bits per heavy atom. The van der Waals surface area contributed by atoms with E-state index in [4.69, 9.17) is 0 Å². The normalized spacial score (nSPS) is 51.6. The van der Waals surface area contributed by atoms with Crippen LogP contribution in [0.3, 0.4) is 0 Å². The molecule has 0 aromatic carbocycles. The predicted molar refractivity (Wildman–Crippen MR) is 60.9 cm³/mol. The lowest BCUT2D eigenvalue weighted by Gasteiger charge is -2.61. The molecule has 0 N–H and O–H groups in total. The van der Waals surface area contributed by atoms with E-state index in [1.807, 2.05) is 0 Å². The van der Waals surface area contributed by atoms with Gasteiger partial charge in [0.05, 0.1) is 0 Å². The molecule has 16 heavy (non-hydrogen) atoms. The van der Waals surface area contributed by atoms with Crippen LogP contribution in [0.2, 0.25) is 0 Å². The minimum absolute atomic E-state index is 0.00231. The fraction of sp³-hybridized carbons (Fsp3) is 0.857. The van der Waals surface area contributed by atoms with E-state index in [-0.39, 0.29) is 22.7 Å². The molecular weight excluding hydrogens is 200 g/mol. The van der Waals surface area contributed by atoms with Crippen molar-refractivity contribution in [3.8, 4) is 0 Å². The Kier molecular flexibility index (Phi) is 1.94. The van der Waals surface area contributed by atoms with Gasteiger partial charge in [-0.2, -0.15) is 0 Å². The summed E-state index contributed by atoms with van der Waals surface area (Å²) in [5.74, 6) is 1.23. The minimum Gasteiger partial charge on any atom is -0.299 e. The second-order valence-electron chi connectivity index (χ2n) is 6.65. The molecule has 4 fully saturated rings. The van der Waals surface area contributed by atoms with Crippen molar-refractivity contribution in [2.75, 3.05) is 0 Å². The summed E-state index contributed by atoms with van der Waals surface area (Å²) in [4.78, 5) is 24.3. The number of carbonyl (C=O) groups is 2. The standard InChI is InChI=1S/C14H20O2/c1-13-7-5-9(11(16)8-13)14(2)6-3-4-10(15)12(13)14/h9,12H,3-8H2,1-2H3/t9-,12-,13+,14-/m1/s1. The van der Waals surface area contributed by atoms with E-state index in [9.17, 15) is 9.59 Å². The molecule has 0 radical (unpaired) electrons. The lowest BCUT2D eigenvalue weighted by molar-refractivity contribution is -0.171. The molecule has 0 amide bonds. The number of hydrogen-bond acceptors (Lipinski definition) is 2. The highest BCUT2D eigenvalue weighted by molar-refractivity contribution is 5.91. The molecular formula is C14H20O2. The predicted octanol–water partition coefficient (Wildman–Crippen LogP) is 2.75. The first-order valence-electron chi connectivity index (χ1n) is 6.53. The number of fused-ring (bicyclic) bond motifs is 2. The third-order valence-electron chi connectivity index (χ3n) is 5.58. The Labute approximate surface area is 96.8 Å². The Morgan fingerprint density at radius 2 is 1.88 bits per heavy atom. The molecule has 2 heteroatoms. The molecule has 4 aliphatic rings. The van der Waals surface area contributed by atoms with Gasteiger partial charge in [0, 0.05) is 24.7 Å². The van der Waals surface area contributed by atoms with Gasteiger partial charge in [0.1, 0.15) is 11.6 Å². The zero-order valence-corrected chi connectivity index (χ0v) is 10.2. The maximum atomic E-state index is 12.2. The number of hydrogen-bond donors (Lipinski definition) is 0. The van der Waals surface area contributed by atoms with Gasteiger partial charge < -0.3 is 0 Å². The summed E-state index contributed by atoms with van der Waals surface area (Å²) in [7, 11) is 0. The van der Waals surface area contributed by atoms with E-state index in [1.54, 1.807) is 0 Å². The largest absolute Gasteiger partial charge is 0.299 e. The molecule has 4 saturated carbocycles. The Morgan fingerprint density at radius 1 is 1.12 bits per heavy atom.